The van der Waals surface area contributed by atoms with Crippen LogP contribution in [0.4, 0.5) is 14.5 Å². The minimum Gasteiger partial charge on any atom is -0.386 e. The van der Waals surface area contributed by atoms with Crippen LogP contribution in [0.25, 0.3) is 0 Å². The molecule has 0 saturated heterocycles. The lowest BCUT2D eigenvalue weighted by Gasteiger charge is -2.15. The van der Waals surface area contributed by atoms with E-state index in [4.69, 9.17) is 23.2 Å². The molecule has 2 aromatic rings. The molecule has 0 heterocycles. The molecule has 0 spiro atoms. The number of nitrogens with one attached hydrogen (secondary N) is 1. The van der Waals surface area contributed by atoms with Crippen molar-refractivity contribution in [1.82, 2.24) is 0 Å². The van der Waals surface area contributed by atoms with Crippen LogP contribution in [0, 0.1) is 11.6 Å². The van der Waals surface area contributed by atoms with E-state index < -0.39 is 17.7 Å². The van der Waals surface area contributed by atoms with Crippen LogP contribution < -0.4 is 5.32 Å². The molecule has 1 unspecified atom stereocenters. The summed E-state index contributed by atoms with van der Waals surface area (Å²) in [6.07, 6.45) is -1.34. The fraction of sp³-hybridized carbons (Fsp3) is 0.143. The second-order valence-corrected chi connectivity index (χ2v) is 5.00. The normalized spacial score (nSPS) is 12.2. The van der Waals surface area contributed by atoms with Gasteiger partial charge >= 0.3 is 0 Å². The summed E-state index contributed by atoms with van der Waals surface area (Å²) in [7, 11) is 0. The zero-order valence-electron chi connectivity index (χ0n) is 10.2. The molecule has 0 aliphatic carbocycles. The zero-order chi connectivity index (χ0) is 14.7. The van der Waals surface area contributed by atoms with Crippen LogP contribution in [0.3, 0.4) is 0 Å². The Labute approximate surface area is 125 Å². The van der Waals surface area contributed by atoms with E-state index in [1.54, 1.807) is 18.2 Å². The van der Waals surface area contributed by atoms with Gasteiger partial charge in [0.1, 0.15) is 17.7 Å². The van der Waals surface area contributed by atoms with Crippen molar-refractivity contribution in [2.24, 2.45) is 0 Å². The van der Waals surface area contributed by atoms with Gasteiger partial charge in [0.2, 0.25) is 0 Å². The van der Waals surface area contributed by atoms with Gasteiger partial charge in [-0.05, 0) is 30.3 Å². The van der Waals surface area contributed by atoms with E-state index >= 15 is 0 Å². The molecule has 0 amide bonds. The van der Waals surface area contributed by atoms with Gasteiger partial charge in [0, 0.05) is 11.6 Å². The highest BCUT2D eigenvalue weighted by Crippen LogP contribution is 2.27. The molecular formula is C14H11Cl2F2NO. The largest absolute Gasteiger partial charge is 0.386 e. The van der Waals surface area contributed by atoms with E-state index in [0.29, 0.717) is 15.7 Å². The highest BCUT2D eigenvalue weighted by Gasteiger charge is 2.17. The lowest BCUT2D eigenvalue weighted by molar-refractivity contribution is 0.181. The first-order valence-corrected chi connectivity index (χ1v) is 6.55. The first-order valence-electron chi connectivity index (χ1n) is 5.80. The molecule has 0 radical (unpaired) electrons. The predicted molar refractivity (Wildman–Crippen MR) is 76.3 cm³/mol. The fourth-order valence-electron chi connectivity index (χ4n) is 1.77. The Bertz CT molecular complexity index is 602. The second kappa shape index (κ2) is 6.39. The van der Waals surface area contributed by atoms with Gasteiger partial charge in [-0.3, -0.25) is 0 Å². The maximum Gasteiger partial charge on any atom is 0.132 e. The van der Waals surface area contributed by atoms with Gasteiger partial charge in [-0.25, -0.2) is 8.78 Å². The number of aliphatic hydroxyl groups excluding tert-OH is 1. The minimum atomic E-state index is -1.34. The molecule has 0 bridgehead atoms. The first-order chi connectivity index (χ1) is 9.49. The highest BCUT2D eigenvalue weighted by molar-refractivity contribution is 6.35. The van der Waals surface area contributed by atoms with Crippen LogP contribution in [0.1, 0.15) is 11.7 Å². The quantitative estimate of drug-likeness (QED) is 0.875. The molecule has 2 nitrogen and oxygen atoms in total. The number of hydrogen-bond donors (Lipinski definition) is 2. The number of hydrogen-bond acceptors (Lipinski definition) is 2. The van der Waals surface area contributed by atoms with Crippen LogP contribution >= 0.6 is 23.2 Å². The second-order valence-electron chi connectivity index (χ2n) is 4.16. The van der Waals surface area contributed by atoms with E-state index in [0.717, 1.165) is 12.1 Å². The average molecular weight is 318 g/mol. The van der Waals surface area contributed by atoms with Crippen molar-refractivity contribution in [1.29, 1.82) is 0 Å². The smallest absolute Gasteiger partial charge is 0.132 e. The standard InChI is InChI=1S/C14H11Cl2F2NO/c15-8-4-5-9(16)12(6-8)19-7-13(20)14-10(17)2-1-3-11(14)18/h1-6,13,19-20H,7H2. The number of halogens is 4. The predicted octanol–water partition coefficient (Wildman–Crippen LogP) is 4.42. The number of anilines is 1. The highest BCUT2D eigenvalue weighted by atomic mass is 35.5. The van der Waals surface area contributed by atoms with Gasteiger partial charge in [0.05, 0.1) is 16.3 Å². The Hall–Kier alpha value is -1.36. The molecule has 106 valence electrons. The first kappa shape index (κ1) is 15.0. The van der Waals surface area contributed by atoms with Gasteiger partial charge in [-0.15, -0.1) is 0 Å². The van der Waals surface area contributed by atoms with E-state index in [2.05, 4.69) is 5.32 Å². The molecule has 6 heteroatoms. The van der Waals surface area contributed by atoms with E-state index in [-0.39, 0.29) is 12.1 Å². The molecule has 0 aliphatic rings. The Morgan fingerprint density at radius 3 is 2.40 bits per heavy atom. The van der Waals surface area contributed by atoms with Gasteiger partial charge in [0.15, 0.2) is 0 Å². The zero-order valence-corrected chi connectivity index (χ0v) is 11.7. The molecule has 20 heavy (non-hydrogen) atoms. The average Bonchev–Trinajstić information content (AvgIpc) is 2.39. The van der Waals surface area contributed by atoms with Crippen LogP contribution in [0.5, 0.6) is 0 Å². The van der Waals surface area contributed by atoms with Crippen molar-refractivity contribution in [2.45, 2.75) is 6.10 Å². The lowest BCUT2D eigenvalue weighted by atomic mass is 10.1. The van der Waals surface area contributed by atoms with Gasteiger partial charge in [-0.2, -0.15) is 0 Å². The summed E-state index contributed by atoms with van der Waals surface area (Å²) in [6, 6.07) is 8.18. The van der Waals surface area contributed by atoms with Crippen molar-refractivity contribution in [3.63, 3.8) is 0 Å². The van der Waals surface area contributed by atoms with Crippen molar-refractivity contribution in [3.8, 4) is 0 Å². The van der Waals surface area contributed by atoms with E-state index in [9.17, 15) is 13.9 Å². The Morgan fingerprint density at radius 2 is 1.75 bits per heavy atom. The Kier molecular flexibility index (Phi) is 4.81. The molecule has 0 fully saturated rings. The summed E-state index contributed by atoms with van der Waals surface area (Å²) in [4.78, 5) is 0. The third kappa shape index (κ3) is 3.39. The molecule has 2 aromatic carbocycles. The van der Waals surface area contributed by atoms with E-state index in [1.807, 2.05) is 0 Å². The molecule has 0 aliphatic heterocycles. The summed E-state index contributed by atoms with van der Waals surface area (Å²) in [5.74, 6) is -1.59. The van der Waals surface area contributed by atoms with Gasteiger partial charge < -0.3 is 10.4 Å². The number of aliphatic hydroxyl groups is 1. The van der Waals surface area contributed by atoms with Crippen molar-refractivity contribution in [2.75, 3.05) is 11.9 Å². The fourth-order valence-corrected chi connectivity index (χ4v) is 2.13. The topological polar surface area (TPSA) is 32.3 Å². The molecule has 2 N–H and O–H groups in total. The molecule has 0 saturated carbocycles. The van der Waals surface area contributed by atoms with Crippen LogP contribution in [0.2, 0.25) is 10.0 Å². The summed E-state index contributed by atoms with van der Waals surface area (Å²) in [6.45, 7) is -0.0993. The van der Waals surface area contributed by atoms with Crippen LogP contribution in [-0.4, -0.2) is 11.7 Å². The van der Waals surface area contributed by atoms with Crippen LogP contribution in [-0.2, 0) is 0 Å². The van der Waals surface area contributed by atoms with Gasteiger partial charge in [0.25, 0.3) is 0 Å². The molecule has 2 rings (SSSR count). The number of benzene rings is 2. The van der Waals surface area contributed by atoms with Gasteiger partial charge in [-0.1, -0.05) is 29.3 Å². The maximum atomic E-state index is 13.5. The summed E-state index contributed by atoms with van der Waals surface area (Å²) in [5, 5.41) is 13.6. The van der Waals surface area contributed by atoms with Crippen molar-refractivity contribution in [3.05, 3.63) is 63.6 Å². The SMILES string of the molecule is OC(CNc1cc(Cl)ccc1Cl)c1c(F)cccc1F. The molecular weight excluding hydrogens is 307 g/mol. The maximum absolute atomic E-state index is 13.5. The van der Waals surface area contributed by atoms with Crippen molar-refractivity contribution < 1.29 is 13.9 Å². The lowest BCUT2D eigenvalue weighted by Crippen LogP contribution is -2.15. The molecule has 0 aromatic heterocycles. The van der Waals surface area contributed by atoms with Crippen LogP contribution in [0.15, 0.2) is 36.4 Å². The third-order valence-electron chi connectivity index (χ3n) is 2.75. The summed E-state index contributed by atoms with van der Waals surface area (Å²) < 4.78 is 27.0. The van der Waals surface area contributed by atoms with E-state index in [1.165, 1.54) is 6.07 Å². The Balaban J connectivity index is 2.13. The van der Waals surface area contributed by atoms with Crippen molar-refractivity contribution >= 4 is 28.9 Å². The third-order valence-corrected chi connectivity index (χ3v) is 3.31. The summed E-state index contributed by atoms with van der Waals surface area (Å²) in [5.41, 5.74) is 0.105. The number of rotatable bonds is 4. The summed E-state index contributed by atoms with van der Waals surface area (Å²) >= 11 is 11.8. The molecule has 1 atom stereocenters. The minimum absolute atomic E-state index is 0.0993. The Morgan fingerprint density at radius 1 is 1.10 bits per heavy atom. The monoisotopic (exact) mass is 317 g/mol.